The van der Waals surface area contributed by atoms with Crippen molar-refractivity contribution < 1.29 is 4.79 Å². The molecule has 0 aromatic carbocycles. The first kappa shape index (κ1) is 12.3. The van der Waals surface area contributed by atoms with Crippen molar-refractivity contribution in [3.63, 3.8) is 0 Å². The molecule has 2 aromatic rings. The Morgan fingerprint density at radius 2 is 2.29 bits per heavy atom. The summed E-state index contributed by atoms with van der Waals surface area (Å²) in [6.07, 6.45) is 0. The van der Waals surface area contributed by atoms with Crippen molar-refractivity contribution in [2.45, 2.75) is 31.2 Å². The highest BCUT2D eigenvalue weighted by atomic mass is 32.2. The highest BCUT2D eigenvalue weighted by Crippen LogP contribution is 2.24. The molecular formula is C11H12N2O2S2. The minimum atomic E-state index is -0.198. The van der Waals surface area contributed by atoms with Crippen LogP contribution in [0.15, 0.2) is 16.0 Å². The second-order valence-corrected chi connectivity index (χ2v) is 6.38. The summed E-state index contributed by atoms with van der Waals surface area (Å²) in [7, 11) is 0. The third-order valence-corrected chi connectivity index (χ3v) is 4.41. The number of nitrogens with zero attached hydrogens (tertiary/aromatic N) is 1. The summed E-state index contributed by atoms with van der Waals surface area (Å²) < 4.78 is 0. The van der Waals surface area contributed by atoms with Gasteiger partial charge in [0, 0.05) is 4.88 Å². The Balaban J connectivity index is 2.43. The predicted octanol–water partition coefficient (Wildman–Crippen LogP) is 2.36. The van der Waals surface area contributed by atoms with Crippen LogP contribution in [0.5, 0.6) is 0 Å². The lowest BCUT2D eigenvalue weighted by Gasteiger charge is -2.05. The Labute approximate surface area is 106 Å². The molecule has 0 fully saturated rings. The maximum Gasteiger partial charge on any atom is 0.260 e. The van der Waals surface area contributed by atoms with Crippen molar-refractivity contribution in [3.05, 3.63) is 21.3 Å². The van der Waals surface area contributed by atoms with Gasteiger partial charge >= 0.3 is 0 Å². The minimum absolute atomic E-state index is 0.0695. The molecule has 4 nitrogen and oxygen atoms in total. The standard InChI is InChI=1S/C11H12N2O2S2/c1-5-4-8-9(15)12-11(13-10(8)16-5)17-7(3)6(2)14/h4,7H,1-3H3,(H,12,13,15). The largest absolute Gasteiger partial charge is 0.301 e. The van der Waals surface area contributed by atoms with E-state index in [1.54, 1.807) is 6.92 Å². The number of fused-ring (bicyclic) bond motifs is 1. The summed E-state index contributed by atoms with van der Waals surface area (Å²) in [6, 6.07) is 1.83. The van der Waals surface area contributed by atoms with Crippen LogP contribution in [0.25, 0.3) is 10.2 Å². The van der Waals surface area contributed by atoms with Gasteiger partial charge in [-0.1, -0.05) is 11.8 Å². The van der Waals surface area contributed by atoms with E-state index in [0.717, 1.165) is 9.71 Å². The van der Waals surface area contributed by atoms with Gasteiger partial charge in [0.1, 0.15) is 10.6 Å². The van der Waals surface area contributed by atoms with Crippen LogP contribution in [0.3, 0.4) is 0 Å². The Bertz CT molecular complexity index is 630. The second-order valence-electron chi connectivity index (χ2n) is 3.82. The molecule has 1 atom stereocenters. The number of aromatic amines is 1. The van der Waals surface area contributed by atoms with Gasteiger partial charge in [0.2, 0.25) is 0 Å². The average Bonchev–Trinajstić information content (AvgIpc) is 2.59. The summed E-state index contributed by atoms with van der Waals surface area (Å²) in [5, 5.41) is 0.927. The summed E-state index contributed by atoms with van der Waals surface area (Å²) in [5.74, 6) is 0.0695. The van der Waals surface area contributed by atoms with E-state index >= 15 is 0 Å². The van der Waals surface area contributed by atoms with E-state index in [1.165, 1.54) is 30.0 Å². The van der Waals surface area contributed by atoms with E-state index < -0.39 is 0 Å². The Hall–Kier alpha value is -1.14. The first-order valence-corrected chi connectivity index (χ1v) is 6.84. The fourth-order valence-corrected chi connectivity index (χ4v) is 3.07. The van der Waals surface area contributed by atoms with Crippen LogP contribution < -0.4 is 5.56 Å². The molecule has 2 rings (SSSR count). The van der Waals surface area contributed by atoms with E-state index in [9.17, 15) is 9.59 Å². The predicted molar refractivity (Wildman–Crippen MR) is 71.0 cm³/mol. The second kappa shape index (κ2) is 4.62. The number of thioether (sulfide) groups is 1. The number of hydrogen-bond donors (Lipinski definition) is 1. The van der Waals surface area contributed by atoms with Gasteiger partial charge in [-0.25, -0.2) is 4.98 Å². The SMILES string of the molecule is CC(=O)C(C)Sc1nc2sc(C)cc2c(=O)[nH]1. The normalized spacial score (nSPS) is 12.9. The third-order valence-electron chi connectivity index (χ3n) is 2.36. The summed E-state index contributed by atoms with van der Waals surface area (Å²) in [5.41, 5.74) is -0.141. The molecule has 0 bridgehead atoms. The number of rotatable bonds is 3. The number of aromatic nitrogens is 2. The molecule has 0 aliphatic heterocycles. The lowest BCUT2D eigenvalue weighted by Crippen LogP contribution is -2.12. The number of carbonyl (C=O) groups excluding carboxylic acids is 1. The number of nitrogens with one attached hydrogen (secondary N) is 1. The zero-order valence-corrected chi connectivity index (χ0v) is 11.4. The zero-order chi connectivity index (χ0) is 12.6. The van der Waals surface area contributed by atoms with Crippen LogP contribution in [-0.4, -0.2) is 21.0 Å². The summed E-state index contributed by atoms with van der Waals surface area (Å²) >= 11 is 2.77. The van der Waals surface area contributed by atoms with Gasteiger partial charge in [-0.2, -0.15) is 0 Å². The number of carbonyl (C=O) groups is 1. The maximum atomic E-state index is 11.8. The van der Waals surface area contributed by atoms with Crippen molar-refractivity contribution >= 4 is 39.1 Å². The molecule has 0 radical (unpaired) electrons. The lowest BCUT2D eigenvalue weighted by atomic mass is 10.3. The molecule has 1 unspecified atom stereocenters. The lowest BCUT2D eigenvalue weighted by molar-refractivity contribution is -0.116. The van der Waals surface area contributed by atoms with Crippen LogP contribution in [0, 0.1) is 6.92 Å². The molecule has 0 spiro atoms. The molecule has 0 aliphatic rings. The molecule has 0 amide bonds. The average molecular weight is 268 g/mol. The van der Waals surface area contributed by atoms with Gasteiger partial charge < -0.3 is 4.98 Å². The van der Waals surface area contributed by atoms with E-state index in [0.29, 0.717) is 10.5 Å². The molecule has 0 saturated carbocycles. The minimum Gasteiger partial charge on any atom is -0.301 e. The zero-order valence-electron chi connectivity index (χ0n) is 9.73. The molecule has 0 saturated heterocycles. The van der Waals surface area contributed by atoms with Crippen LogP contribution >= 0.6 is 23.1 Å². The number of hydrogen-bond acceptors (Lipinski definition) is 5. The Morgan fingerprint density at radius 3 is 2.94 bits per heavy atom. The van der Waals surface area contributed by atoms with Crippen LogP contribution in [0.2, 0.25) is 0 Å². The number of Topliss-reactive ketones (excluding diaryl/α,β-unsaturated/α-hetero) is 1. The molecule has 6 heteroatoms. The van der Waals surface area contributed by atoms with Crippen molar-refractivity contribution in [2.24, 2.45) is 0 Å². The van der Waals surface area contributed by atoms with Gasteiger partial charge in [-0.15, -0.1) is 11.3 Å². The van der Waals surface area contributed by atoms with Gasteiger partial charge in [-0.05, 0) is 26.8 Å². The monoisotopic (exact) mass is 268 g/mol. The number of aryl methyl sites for hydroxylation is 1. The Morgan fingerprint density at radius 1 is 1.59 bits per heavy atom. The molecule has 2 aromatic heterocycles. The van der Waals surface area contributed by atoms with E-state index in [1.807, 2.05) is 13.0 Å². The van der Waals surface area contributed by atoms with Gasteiger partial charge in [0.05, 0.1) is 10.6 Å². The van der Waals surface area contributed by atoms with Gasteiger partial charge in [0.15, 0.2) is 5.16 Å². The van der Waals surface area contributed by atoms with Gasteiger partial charge in [0.25, 0.3) is 5.56 Å². The van der Waals surface area contributed by atoms with Crippen LogP contribution in [0.1, 0.15) is 18.7 Å². The molecule has 17 heavy (non-hydrogen) atoms. The Kier molecular flexibility index (Phi) is 3.35. The molecule has 1 N–H and O–H groups in total. The smallest absolute Gasteiger partial charge is 0.260 e. The number of thiophene rings is 1. The fraction of sp³-hybridized carbons (Fsp3) is 0.364. The fourth-order valence-electron chi connectivity index (χ4n) is 1.34. The summed E-state index contributed by atoms with van der Waals surface area (Å²) in [6.45, 7) is 5.28. The maximum absolute atomic E-state index is 11.8. The quantitative estimate of drug-likeness (QED) is 0.685. The number of H-pyrrole nitrogens is 1. The molecule has 90 valence electrons. The van der Waals surface area contributed by atoms with Crippen molar-refractivity contribution in [1.82, 2.24) is 9.97 Å². The summed E-state index contributed by atoms with van der Waals surface area (Å²) in [4.78, 5) is 31.8. The molecule has 2 heterocycles. The highest BCUT2D eigenvalue weighted by molar-refractivity contribution is 8.00. The van der Waals surface area contributed by atoms with E-state index in [-0.39, 0.29) is 16.6 Å². The topological polar surface area (TPSA) is 62.8 Å². The van der Waals surface area contributed by atoms with E-state index in [4.69, 9.17) is 0 Å². The highest BCUT2D eigenvalue weighted by Gasteiger charge is 2.13. The third kappa shape index (κ3) is 2.58. The van der Waals surface area contributed by atoms with E-state index in [2.05, 4.69) is 9.97 Å². The van der Waals surface area contributed by atoms with Crippen molar-refractivity contribution in [3.8, 4) is 0 Å². The van der Waals surface area contributed by atoms with Gasteiger partial charge in [-0.3, -0.25) is 9.59 Å². The van der Waals surface area contributed by atoms with Crippen LogP contribution in [-0.2, 0) is 4.79 Å². The van der Waals surface area contributed by atoms with Crippen molar-refractivity contribution in [1.29, 1.82) is 0 Å². The molecule has 0 aliphatic carbocycles. The number of ketones is 1. The first-order chi connectivity index (χ1) is 7.97. The van der Waals surface area contributed by atoms with Crippen molar-refractivity contribution in [2.75, 3.05) is 0 Å². The van der Waals surface area contributed by atoms with Crippen LogP contribution in [0.4, 0.5) is 0 Å². The first-order valence-electron chi connectivity index (χ1n) is 5.15. The molecular weight excluding hydrogens is 256 g/mol.